The molecule has 4 bridgehead atoms. The van der Waals surface area contributed by atoms with Gasteiger partial charge in [0.1, 0.15) is 11.3 Å². The van der Waals surface area contributed by atoms with Crippen LogP contribution in [0, 0.1) is 24.7 Å². The molecular formula is C19H22ClN3O. The van der Waals surface area contributed by atoms with Crippen LogP contribution < -0.4 is 5.32 Å². The Morgan fingerprint density at radius 1 is 1.21 bits per heavy atom. The molecule has 2 heterocycles. The van der Waals surface area contributed by atoms with E-state index in [-0.39, 0.29) is 11.4 Å². The minimum atomic E-state index is 0.00390. The molecule has 24 heavy (non-hydrogen) atoms. The molecule has 4 saturated carbocycles. The number of fused-ring (bicyclic) bond motifs is 1. The molecule has 1 amide bonds. The number of hydrogen-bond donors (Lipinski definition) is 1. The van der Waals surface area contributed by atoms with Crippen molar-refractivity contribution in [1.82, 2.24) is 14.7 Å². The summed E-state index contributed by atoms with van der Waals surface area (Å²) in [5.41, 5.74) is 2.18. The minimum Gasteiger partial charge on any atom is -0.345 e. The fourth-order valence-corrected chi connectivity index (χ4v) is 6.13. The van der Waals surface area contributed by atoms with Gasteiger partial charge in [-0.15, -0.1) is 0 Å². The topological polar surface area (TPSA) is 46.4 Å². The predicted octanol–water partition coefficient (Wildman–Crippen LogP) is 3.99. The lowest BCUT2D eigenvalue weighted by atomic mass is 9.53. The highest BCUT2D eigenvalue weighted by molar-refractivity contribution is 6.30. The third-order valence-corrected chi connectivity index (χ3v) is 6.61. The number of amides is 1. The predicted molar refractivity (Wildman–Crippen MR) is 93.3 cm³/mol. The average Bonchev–Trinajstić information content (AvgIpc) is 2.80. The summed E-state index contributed by atoms with van der Waals surface area (Å²) in [6.07, 6.45) is 9.37. The smallest absolute Gasteiger partial charge is 0.270 e. The van der Waals surface area contributed by atoms with E-state index in [0.29, 0.717) is 10.7 Å². The third kappa shape index (κ3) is 2.19. The van der Waals surface area contributed by atoms with Crippen LogP contribution in [-0.4, -0.2) is 20.8 Å². The number of carbonyl (C=O) groups is 1. The van der Waals surface area contributed by atoms with E-state index >= 15 is 0 Å². The fraction of sp³-hybridized carbons (Fsp3) is 0.579. The Morgan fingerprint density at radius 2 is 1.83 bits per heavy atom. The zero-order valence-corrected chi connectivity index (χ0v) is 14.6. The van der Waals surface area contributed by atoms with Crippen molar-refractivity contribution < 1.29 is 4.79 Å². The van der Waals surface area contributed by atoms with Gasteiger partial charge in [0, 0.05) is 11.7 Å². The molecule has 0 saturated heterocycles. The van der Waals surface area contributed by atoms with E-state index in [2.05, 4.69) is 10.3 Å². The van der Waals surface area contributed by atoms with Crippen LogP contribution >= 0.6 is 11.6 Å². The maximum absolute atomic E-state index is 13.1. The molecule has 4 aliphatic carbocycles. The summed E-state index contributed by atoms with van der Waals surface area (Å²) < 4.78 is 1.83. The molecule has 0 radical (unpaired) electrons. The summed E-state index contributed by atoms with van der Waals surface area (Å²) in [6, 6.07) is 3.67. The van der Waals surface area contributed by atoms with Crippen LogP contribution in [0.1, 0.15) is 54.7 Å². The zero-order chi connectivity index (χ0) is 16.5. The van der Waals surface area contributed by atoms with Gasteiger partial charge < -0.3 is 5.32 Å². The first-order valence-electron chi connectivity index (χ1n) is 8.98. The second kappa shape index (κ2) is 4.98. The van der Waals surface area contributed by atoms with Crippen LogP contribution in [0.25, 0.3) is 5.65 Å². The Kier molecular flexibility index (Phi) is 3.06. The van der Waals surface area contributed by atoms with Crippen LogP contribution in [0.15, 0.2) is 18.3 Å². The molecule has 4 fully saturated rings. The van der Waals surface area contributed by atoms with Gasteiger partial charge in [-0.2, -0.15) is 0 Å². The van der Waals surface area contributed by atoms with Gasteiger partial charge in [0.15, 0.2) is 0 Å². The number of rotatable bonds is 2. The first kappa shape index (κ1) is 14.8. The monoisotopic (exact) mass is 343 g/mol. The lowest BCUT2D eigenvalue weighted by Crippen LogP contribution is -2.60. The van der Waals surface area contributed by atoms with Crippen molar-refractivity contribution in [3.63, 3.8) is 0 Å². The molecule has 2 aromatic rings. The fourth-order valence-electron chi connectivity index (χ4n) is 5.97. The molecule has 0 spiro atoms. The minimum absolute atomic E-state index is 0.00390. The van der Waals surface area contributed by atoms with Gasteiger partial charge in [-0.25, -0.2) is 4.98 Å². The Bertz CT molecular complexity index is 805. The maximum atomic E-state index is 13.1. The number of pyridine rings is 1. The van der Waals surface area contributed by atoms with E-state index in [9.17, 15) is 4.79 Å². The van der Waals surface area contributed by atoms with Crippen molar-refractivity contribution in [3.05, 3.63) is 34.7 Å². The van der Waals surface area contributed by atoms with Crippen LogP contribution in [0.2, 0.25) is 5.02 Å². The molecule has 4 nitrogen and oxygen atoms in total. The van der Waals surface area contributed by atoms with E-state index in [1.807, 2.05) is 23.5 Å². The summed E-state index contributed by atoms with van der Waals surface area (Å²) in [4.78, 5) is 17.6. The van der Waals surface area contributed by atoms with Crippen molar-refractivity contribution in [3.8, 4) is 0 Å². The Labute approximate surface area is 146 Å². The van der Waals surface area contributed by atoms with Crippen LogP contribution in [-0.2, 0) is 0 Å². The maximum Gasteiger partial charge on any atom is 0.270 e. The van der Waals surface area contributed by atoms with E-state index in [4.69, 9.17) is 11.6 Å². The third-order valence-electron chi connectivity index (χ3n) is 6.39. The molecule has 6 rings (SSSR count). The van der Waals surface area contributed by atoms with E-state index in [0.717, 1.165) is 48.4 Å². The SMILES string of the molecule is Cc1nc2ccc(Cl)cn2c1C(=O)NC12CC3CC(CC(C3)C1)C2. The van der Waals surface area contributed by atoms with Crippen molar-refractivity contribution in [2.24, 2.45) is 17.8 Å². The largest absolute Gasteiger partial charge is 0.345 e. The normalized spacial score (nSPS) is 34.0. The van der Waals surface area contributed by atoms with Crippen molar-refractivity contribution >= 4 is 23.2 Å². The van der Waals surface area contributed by atoms with E-state index in [1.54, 1.807) is 6.20 Å². The molecule has 5 heteroatoms. The average molecular weight is 344 g/mol. The first-order chi connectivity index (χ1) is 11.5. The number of hydrogen-bond acceptors (Lipinski definition) is 2. The van der Waals surface area contributed by atoms with Gasteiger partial charge in [-0.3, -0.25) is 9.20 Å². The van der Waals surface area contributed by atoms with Gasteiger partial charge in [0.05, 0.1) is 10.7 Å². The Morgan fingerprint density at radius 3 is 2.46 bits per heavy atom. The number of aryl methyl sites for hydroxylation is 1. The molecule has 0 aliphatic heterocycles. The first-order valence-corrected chi connectivity index (χ1v) is 9.36. The van der Waals surface area contributed by atoms with Gasteiger partial charge in [0.2, 0.25) is 0 Å². The van der Waals surface area contributed by atoms with Crippen molar-refractivity contribution in [2.45, 2.75) is 51.0 Å². The molecule has 0 aromatic carbocycles. The molecule has 0 unspecified atom stereocenters. The lowest BCUT2D eigenvalue weighted by Gasteiger charge is -2.56. The van der Waals surface area contributed by atoms with Crippen LogP contribution in [0.4, 0.5) is 0 Å². The summed E-state index contributed by atoms with van der Waals surface area (Å²) in [7, 11) is 0. The highest BCUT2D eigenvalue weighted by Gasteiger charge is 2.51. The number of carbonyl (C=O) groups excluding carboxylic acids is 1. The highest BCUT2D eigenvalue weighted by atomic mass is 35.5. The summed E-state index contributed by atoms with van der Waals surface area (Å²) in [5, 5.41) is 4.05. The summed E-state index contributed by atoms with van der Waals surface area (Å²) >= 11 is 6.12. The molecule has 2 aromatic heterocycles. The van der Waals surface area contributed by atoms with Gasteiger partial charge in [-0.1, -0.05) is 11.6 Å². The summed E-state index contributed by atoms with van der Waals surface area (Å²) in [6.45, 7) is 1.90. The molecule has 126 valence electrons. The molecule has 0 atom stereocenters. The van der Waals surface area contributed by atoms with E-state index < -0.39 is 0 Å². The van der Waals surface area contributed by atoms with Crippen molar-refractivity contribution in [2.75, 3.05) is 0 Å². The number of imidazole rings is 1. The Hall–Kier alpha value is -1.55. The lowest BCUT2D eigenvalue weighted by molar-refractivity contribution is -0.0168. The quantitative estimate of drug-likeness (QED) is 0.896. The van der Waals surface area contributed by atoms with Crippen LogP contribution in [0.3, 0.4) is 0 Å². The second-order valence-electron chi connectivity index (χ2n) is 8.27. The van der Waals surface area contributed by atoms with Gasteiger partial charge in [0.25, 0.3) is 5.91 Å². The van der Waals surface area contributed by atoms with E-state index in [1.165, 1.54) is 19.3 Å². The standard InChI is InChI=1S/C19H22ClN3O/c1-11-17(23-10-15(20)2-3-16(23)21-11)18(24)22-19-7-12-4-13(8-19)6-14(5-12)9-19/h2-3,10,12-14H,4-9H2,1H3,(H,22,24). The highest BCUT2D eigenvalue weighted by Crippen LogP contribution is 2.55. The molecule has 4 aliphatic rings. The second-order valence-corrected chi connectivity index (χ2v) is 8.71. The van der Waals surface area contributed by atoms with Crippen molar-refractivity contribution in [1.29, 1.82) is 0 Å². The number of aromatic nitrogens is 2. The number of nitrogens with one attached hydrogen (secondary N) is 1. The molecular weight excluding hydrogens is 322 g/mol. The number of nitrogens with zero attached hydrogens (tertiary/aromatic N) is 2. The molecule has 1 N–H and O–H groups in total. The van der Waals surface area contributed by atoms with Gasteiger partial charge in [-0.05, 0) is 75.3 Å². The zero-order valence-electron chi connectivity index (χ0n) is 13.9. The van der Waals surface area contributed by atoms with Gasteiger partial charge >= 0.3 is 0 Å². The summed E-state index contributed by atoms with van der Waals surface area (Å²) in [5.74, 6) is 2.45. The number of halogens is 1. The Balaban J connectivity index is 1.49. The van der Waals surface area contributed by atoms with Crippen LogP contribution in [0.5, 0.6) is 0 Å².